The molecule has 0 saturated carbocycles. The minimum absolute atomic E-state index is 0.136. The summed E-state index contributed by atoms with van der Waals surface area (Å²) in [6, 6.07) is 14.2. The van der Waals surface area contributed by atoms with Gasteiger partial charge in [-0.05, 0) is 42.2 Å². The van der Waals surface area contributed by atoms with E-state index in [1.807, 2.05) is 29.2 Å². The minimum Gasteiger partial charge on any atom is -0.491 e. The summed E-state index contributed by atoms with van der Waals surface area (Å²) in [7, 11) is 0. The summed E-state index contributed by atoms with van der Waals surface area (Å²) in [5.74, 6) is 0.898. The second-order valence-corrected chi connectivity index (χ2v) is 8.50. The van der Waals surface area contributed by atoms with Gasteiger partial charge in [-0.15, -0.1) is 0 Å². The number of piperazine rings is 1. The number of ether oxygens (including phenoxy) is 1. The standard InChI is InChI=1S/C24H30ClN3O2/c1-19(29)28-11-9-21-18-20(6-7-23(21)28)8-10-26-12-14-27(15-13-26)16-17-30-24-5-3-2-4-22(24)25/h2-7,18H,8-17H2,1H3. The van der Waals surface area contributed by atoms with Gasteiger partial charge in [0.1, 0.15) is 12.4 Å². The van der Waals surface area contributed by atoms with Gasteiger partial charge in [0.25, 0.3) is 0 Å². The van der Waals surface area contributed by atoms with Crippen LogP contribution < -0.4 is 9.64 Å². The van der Waals surface area contributed by atoms with Gasteiger partial charge in [-0.3, -0.25) is 9.69 Å². The summed E-state index contributed by atoms with van der Waals surface area (Å²) in [5, 5.41) is 0.669. The van der Waals surface area contributed by atoms with Crippen LogP contribution in [-0.2, 0) is 17.6 Å². The molecule has 160 valence electrons. The lowest BCUT2D eigenvalue weighted by Gasteiger charge is -2.34. The zero-order chi connectivity index (χ0) is 20.9. The van der Waals surface area contributed by atoms with Crippen LogP contribution in [-0.4, -0.2) is 68.1 Å². The van der Waals surface area contributed by atoms with E-state index in [2.05, 4.69) is 28.0 Å². The molecule has 1 saturated heterocycles. The Morgan fingerprint density at radius 2 is 1.73 bits per heavy atom. The van der Waals surface area contributed by atoms with E-state index < -0.39 is 0 Å². The molecule has 4 rings (SSSR count). The number of fused-ring (bicyclic) bond motifs is 1. The molecule has 0 N–H and O–H groups in total. The maximum absolute atomic E-state index is 11.7. The number of para-hydroxylation sites is 1. The van der Waals surface area contributed by atoms with E-state index in [0.29, 0.717) is 11.6 Å². The number of hydrogen-bond acceptors (Lipinski definition) is 4. The Morgan fingerprint density at radius 3 is 2.47 bits per heavy atom. The second kappa shape index (κ2) is 9.82. The van der Waals surface area contributed by atoms with Gasteiger partial charge in [-0.1, -0.05) is 35.9 Å². The zero-order valence-electron chi connectivity index (χ0n) is 17.6. The monoisotopic (exact) mass is 427 g/mol. The number of hydrogen-bond donors (Lipinski definition) is 0. The number of nitrogens with zero attached hydrogens (tertiary/aromatic N) is 3. The van der Waals surface area contributed by atoms with E-state index in [1.165, 1.54) is 11.1 Å². The predicted molar refractivity (Wildman–Crippen MR) is 122 cm³/mol. The smallest absolute Gasteiger partial charge is 0.223 e. The fourth-order valence-electron chi connectivity index (χ4n) is 4.31. The van der Waals surface area contributed by atoms with Crippen molar-refractivity contribution in [2.75, 3.05) is 57.3 Å². The molecule has 0 radical (unpaired) electrons. The van der Waals surface area contributed by atoms with E-state index >= 15 is 0 Å². The van der Waals surface area contributed by atoms with Crippen molar-refractivity contribution in [3.63, 3.8) is 0 Å². The molecule has 0 aromatic heterocycles. The van der Waals surface area contributed by atoms with E-state index in [-0.39, 0.29) is 5.91 Å². The summed E-state index contributed by atoms with van der Waals surface area (Å²) < 4.78 is 5.82. The Hall–Kier alpha value is -2.08. The van der Waals surface area contributed by atoms with Crippen LogP contribution in [0.15, 0.2) is 42.5 Å². The van der Waals surface area contributed by atoms with E-state index in [0.717, 1.165) is 70.1 Å². The minimum atomic E-state index is 0.136. The summed E-state index contributed by atoms with van der Waals surface area (Å²) >= 11 is 6.14. The van der Waals surface area contributed by atoms with E-state index in [9.17, 15) is 4.79 Å². The van der Waals surface area contributed by atoms with E-state index in [1.54, 1.807) is 6.92 Å². The Bertz CT molecular complexity index is 881. The highest BCUT2D eigenvalue weighted by Gasteiger charge is 2.22. The first-order chi connectivity index (χ1) is 14.6. The van der Waals surface area contributed by atoms with Crippen molar-refractivity contribution in [2.24, 2.45) is 0 Å². The SMILES string of the molecule is CC(=O)N1CCc2cc(CCN3CCN(CCOc4ccccc4Cl)CC3)ccc21. The molecule has 0 aliphatic carbocycles. The van der Waals surface area contributed by atoms with Crippen LogP contribution in [0, 0.1) is 0 Å². The lowest BCUT2D eigenvalue weighted by Crippen LogP contribution is -2.47. The Morgan fingerprint density at radius 1 is 1.00 bits per heavy atom. The molecule has 6 heteroatoms. The highest BCUT2D eigenvalue weighted by Crippen LogP contribution is 2.29. The molecule has 2 aliphatic rings. The third kappa shape index (κ3) is 5.15. The van der Waals surface area contributed by atoms with Gasteiger partial charge in [0, 0.05) is 58.4 Å². The van der Waals surface area contributed by atoms with Crippen LogP contribution in [0.1, 0.15) is 18.1 Å². The molecular formula is C24H30ClN3O2. The molecule has 0 atom stereocenters. The average molecular weight is 428 g/mol. The zero-order valence-corrected chi connectivity index (χ0v) is 18.4. The third-order valence-corrected chi connectivity index (χ3v) is 6.42. The molecule has 0 unspecified atom stereocenters. The first-order valence-corrected chi connectivity index (χ1v) is 11.2. The summed E-state index contributed by atoms with van der Waals surface area (Å²) in [6.45, 7) is 9.46. The number of amides is 1. The van der Waals surface area contributed by atoms with Crippen molar-refractivity contribution in [3.05, 3.63) is 58.6 Å². The summed E-state index contributed by atoms with van der Waals surface area (Å²) in [5.41, 5.74) is 3.78. The van der Waals surface area contributed by atoms with Gasteiger partial charge in [0.15, 0.2) is 0 Å². The third-order valence-electron chi connectivity index (χ3n) is 6.10. The Balaban J connectivity index is 1.18. The van der Waals surface area contributed by atoms with Gasteiger partial charge < -0.3 is 14.5 Å². The fourth-order valence-corrected chi connectivity index (χ4v) is 4.50. The second-order valence-electron chi connectivity index (χ2n) is 8.10. The number of benzene rings is 2. The highest BCUT2D eigenvalue weighted by atomic mass is 35.5. The lowest BCUT2D eigenvalue weighted by atomic mass is 10.1. The van der Waals surface area contributed by atoms with Crippen LogP contribution in [0.4, 0.5) is 5.69 Å². The molecule has 2 heterocycles. The van der Waals surface area contributed by atoms with Crippen molar-refractivity contribution in [1.29, 1.82) is 0 Å². The molecule has 0 bridgehead atoms. The lowest BCUT2D eigenvalue weighted by molar-refractivity contribution is -0.116. The molecule has 1 fully saturated rings. The average Bonchev–Trinajstić information content (AvgIpc) is 3.18. The number of carbonyl (C=O) groups excluding carboxylic acids is 1. The molecule has 30 heavy (non-hydrogen) atoms. The number of carbonyl (C=O) groups is 1. The Kier molecular flexibility index (Phi) is 6.93. The van der Waals surface area contributed by atoms with Gasteiger partial charge in [0.2, 0.25) is 5.91 Å². The van der Waals surface area contributed by atoms with Crippen LogP contribution in [0.3, 0.4) is 0 Å². The van der Waals surface area contributed by atoms with E-state index in [4.69, 9.17) is 16.3 Å². The number of anilines is 1. The molecular weight excluding hydrogens is 398 g/mol. The fraction of sp³-hybridized carbons (Fsp3) is 0.458. The van der Waals surface area contributed by atoms with Gasteiger partial charge >= 0.3 is 0 Å². The molecule has 1 amide bonds. The maximum Gasteiger partial charge on any atom is 0.223 e. The first kappa shape index (κ1) is 21.2. The van der Waals surface area contributed by atoms with Crippen molar-refractivity contribution >= 4 is 23.2 Å². The van der Waals surface area contributed by atoms with Crippen LogP contribution in [0.25, 0.3) is 0 Å². The summed E-state index contributed by atoms with van der Waals surface area (Å²) in [4.78, 5) is 18.6. The number of rotatable bonds is 7. The first-order valence-electron chi connectivity index (χ1n) is 10.8. The number of halogens is 1. The van der Waals surface area contributed by atoms with Crippen molar-refractivity contribution in [2.45, 2.75) is 19.8 Å². The van der Waals surface area contributed by atoms with Crippen molar-refractivity contribution in [3.8, 4) is 5.75 Å². The topological polar surface area (TPSA) is 36.0 Å². The molecule has 5 nitrogen and oxygen atoms in total. The predicted octanol–water partition coefficient (Wildman–Crippen LogP) is 3.49. The van der Waals surface area contributed by atoms with Crippen molar-refractivity contribution in [1.82, 2.24) is 9.80 Å². The molecule has 2 aromatic rings. The van der Waals surface area contributed by atoms with Gasteiger partial charge in [-0.2, -0.15) is 0 Å². The maximum atomic E-state index is 11.7. The quantitative estimate of drug-likeness (QED) is 0.677. The van der Waals surface area contributed by atoms with Crippen LogP contribution in [0.5, 0.6) is 5.75 Å². The molecule has 2 aromatic carbocycles. The van der Waals surface area contributed by atoms with Crippen molar-refractivity contribution < 1.29 is 9.53 Å². The normalized spacial score (nSPS) is 17.2. The largest absolute Gasteiger partial charge is 0.491 e. The molecule has 0 spiro atoms. The van der Waals surface area contributed by atoms with Crippen LogP contribution >= 0.6 is 11.6 Å². The van der Waals surface area contributed by atoms with Crippen LogP contribution in [0.2, 0.25) is 5.02 Å². The highest BCUT2D eigenvalue weighted by molar-refractivity contribution is 6.32. The molecule has 2 aliphatic heterocycles. The summed E-state index contributed by atoms with van der Waals surface area (Å²) in [6.07, 6.45) is 2.03. The Labute approximate surface area is 184 Å². The van der Waals surface area contributed by atoms with Gasteiger partial charge in [0.05, 0.1) is 5.02 Å². The van der Waals surface area contributed by atoms with Gasteiger partial charge in [-0.25, -0.2) is 0 Å².